The molecule has 1 saturated carbocycles. The number of hydrogen-bond donors (Lipinski definition) is 0. The predicted octanol–water partition coefficient (Wildman–Crippen LogP) is 3.42. The van der Waals surface area contributed by atoms with Gasteiger partial charge in [0.1, 0.15) is 11.9 Å². The van der Waals surface area contributed by atoms with Gasteiger partial charge in [0.25, 0.3) is 0 Å². The maximum absolute atomic E-state index is 9.29. The van der Waals surface area contributed by atoms with Crippen molar-refractivity contribution >= 4 is 5.82 Å². The van der Waals surface area contributed by atoms with Crippen LogP contribution in [-0.4, -0.2) is 17.1 Å². The first-order valence-corrected chi connectivity index (χ1v) is 7.68. The van der Waals surface area contributed by atoms with Crippen LogP contribution in [0.25, 0.3) is 0 Å². The van der Waals surface area contributed by atoms with Gasteiger partial charge in [0.15, 0.2) is 0 Å². The second kappa shape index (κ2) is 4.63. The Bertz CT molecular complexity index is 578. The maximum atomic E-state index is 9.29. The van der Waals surface area contributed by atoms with Crippen LogP contribution in [0.3, 0.4) is 0 Å². The molecule has 0 amide bonds. The third kappa shape index (κ3) is 2.00. The molecule has 0 spiro atoms. The van der Waals surface area contributed by atoms with E-state index in [2.05, 4.69) is 22.0 Å². The topological polar surface area (TPSA) is 39.9 Å². The van der Waals surface area contributed by atoms with E-state index in [0.717, 1.165) is 17.3 Å². The van der Waals surface area contributed by atoms with Crippen LogP contribution in [0.4, 0.5) is 5.82 Å². The van der Waals surface area contributed by atoms with E-state index in [1.807, 2.05) is 18.3 Å². The quantitative estimate of drug-likeness (QED) is 0.769. The molecule has 20 heavy (non-hydrogen) atoms. The lowest BCUT2D eigenvalue weighted by molar-refractivity contribution is 0.541. The molecule has 2 bridgehead atoms. The van der Waals surface area contributed by atoms with E-state index < -0.39 is 0 Å². The van der Waals surface area contributed by atoms with Gasteiger partial charge in [-0.25, -0.2) is 4.98 Å². The number of piperidine rings is 1. The third-order valence-corrected chi connectivity index (χ3v) is 4.86. The number of fused-ring (bicyclic) bond motifs is 2. The number of allylic oxidation sites excluding steroid dienone is 1. The lowest BCUT2D eigenvalue weighted by Crippen LogP contribution is -2.41. The zero-order valence-corrected chi connectivity index (χ0v) is 11.6. The summed E-state index contributed by atoms with van der Waals surface area (Å²) in [6, 6.07) is 7.15. The summed E-state index contributed by atoms with van der Waals surface area (Å²) in [6.07, 6.45) is 12.0. The van der Waals surface area contributed by atoms with Crippen molar-refractivity contribution in [1.82, 2.24) is 4.98 Å². The number of anilines is 1. The fourth-order valence-corrected chi connectivity index (χ4v) is 3.82. The zero-order chi connectivity index (χ0) is 13.5. The molecule has 1 aromatic heterocycles. The van der Waals surface area contributed by atoms with Crippen LogP contribution in [0.2, 0.25) is 0 Å². The van der Waals surface area contributed by atoms with E-state index in [0.29, 0.717) is 12.1 Å². The second-order valence-electron chi connectivity index (χ2n) is 6.35. The summed E-state index contributed by atoms with van der Waals surface area (Å²) < 4.78 is 0. The highest BCUT2D eigenvalue weighted by atomic mass is 15.3. The summed E-state index contributed by atoms with van der Waals surface area (Å²) in [5, 5.41) is 9.29. The van der Waals surface area contributed by atoms with E-state index in [1.54, 1.807) is 5.57 Å². The molecule has 3 aliphatic rings. The van der Waals surface area contributed by atoms with E-state index in [9.17, 15) is 5.26 Å². The summed E-state index contributed by atoms with van der Waals surface area (Å²) in [5.41, 5.74) is 2.38. The Hall–Kier alpha value is -1.82. The smallest absolute Gasteiger partial charge is 0.146 e. The van der Waals surface area contributed by atoms with Crippen molar-refractivity contribution in [2.45, 2.75) is 50.6 Å². The van der Waals surface area contributed by atoms with Crippen molar-refractivity contribution in [3.05, 3.63) is 35.5 Å². The Morgan fingerprint density at radius 3 is 2.60 bits per heavy atom. The molecule has 3 nitrogen and oxygen atoms in total. The van der Waals surface area contributed by atoms with Crippen molar-refractivity contribution in [2.24, 2.45) is 5.92 Å². The molecule has 2 unspecified atom stereocenters. The molecule has 3 heterocycles. The van der Waals surface area contributed by atoms with Crippen LogP contribution in [-0.2, 0) is 0 Å². The first-order chi connectivity index (χ1) is 9.85. The molecule has 1 aliphatic carbocycles. The third-order valence-electron chi connectivity index (χ3n) is 4.86. The summed E-state index contributed by atoms with van der Waals surface area (Å²) in [7, 11) is 0. The summed E-state index contributed by atoms with van der Waals surface area (Å²) in [5.74, 6) is 1.79. The Kier molecular flexibility index (Phi) is 2.77. The molecule has 2 saturated heterocycles. The second-order valence-corrected chi connectivity index (χ2v) is 6.35. The first-order valence-electron chi connectivity index (χ1n) is 7.68. The molecule has 0 radical (unpaired) electrons. The number of nitrogens with zero attached hydrogens (tertiary/aromatic N) is 3. The number of nitriles is 1. The van der Waals surface area contributed by atoms with E-state index >= 15 is 0 Å². The highest BCUT2D eigenvalue weighted by Crippen LogP contribution is 2.43. The molecule has 0 N–H and O–H groups in total. The Labute approximate surface area is 119 Å². The highest BCUT2D eigenvalue weighted by molar-refractivity contribution is 5.57. The van der Waals surface area contributed by atoms with Gasteiger partial charge >= 0.3 is 0 Å². The Morgan fingerprint density at radius 2 is 1.95 bits per heavy atom. The molecule has 3 heteroatoms. The van der Waals surface area contributed by atoms with Gasteiger partial charge < -0.3 is 4.90 Å². The van der Waals surface area contributed by atoms with Crippen molar-refractivity contribution in [1.29, 1.82) is 5.26 Å². The Morgan fingerprint density at radius 1 is 1.20 bits per heavy atom. The number of hydrogen-bond acceptors (Lipinski definition) is 3. The van der Waals surface area contributed by atoms with Crippen LogP contribution >= 0.6 is 0 Å². The van der Waals surface area contributed by atoms with Crippen LogP contribution in [0, 0.1) is 17.2 Å². The molecule has 0 aromatic carbocycles. The zero-order valence-electron chi connectivity index (χ0n) is 11.6. The maximum Gasteiger partial charge on any atom is 0.146 e. The van der Waals surface area contributed by atoms with Gasteiger partial charge in [0, 0.05) is 18.3 Å². The molecule has 2 aliphatic heterocycles. The van der Waals surface area contributed by atoms with Gasteiger partial charge in [-0.2, -0.15) is 5.26 Å². The van der Waals surface area contributed by atoms with E-state index in [1.165, 1.54) is 38.5 Å². The Balaban J connectivity index is 1.63. The lowest BCUT2D eigenvalue weighted by atomic mass is 9.95. The minimum Gasteiger partial charge on any atom is -0.349 e. The molecule has 102 valence electrons. The summed E-state index contributed by atoms with van der Waals surface area (Å²) in [4.78, 5) is 6.93. The van der Waals surface area contributed by atoms with E-state index in [4.69, 9.17) is 0 Å². The molecular weight excluding hydrogens is 246 g/mol. The fourth-order valence-electron chi connectivity index (χ4n) is 3.82. The molecule has 4 rings (SSSR count). The molecule has 2 atom stereocenters. The van der Waals surface area contributed by atoms with Crippen LogP contribution in [0.15, 0.2) is 30.0 Å². The van der Waals surface area contributed by atoms with Gasteiger partial charge in [-0.1, -0.05) is 11.6 Å². The molecule has 1 aromatic rings. The SMILES string of the molecule is N#Cc1cccnc1N1C2CCC1CC(=CC1CC1)C2. The van der Waals surface area contributed by atoms with Crippen molar-refractivity contribution in [3.63, 3.8) is 0 Å². The van der Waals surface area contributed by atoms with Crippen LogP contribution in [0.5, 0.6) is 0 Å². The van der Waals surface area contributed by atoms with Gasteiger partial charge in [-0.15, -0.1) is 0 Å². The van der Waals surface area contributed by atoms with Crippen LogP contribution < -0.4 is 4.90 Å². The van der Waals surface area contributed by atoms with Crippen molar-refractivity contribution in [2.75, 3.05) is 4.90 Å². The van der Waals surface area contributed by atoms with Crippen molar-refractivity contribution < 1.29 is 0 Å². The number of rotatable bonds is 2. The minimum atomic E-state index is 0.556. The minimum absolute atomic E-state index is 0.556. The summed E-state index contributed by atoms with van der Waals surface area (Å²) >= 11 is 0. The lowest BCUT2D eigenvalue weighted by Gasteiger charge is -2.37. The normalized spacial score (nSPS) is 28.4. The van der Waals surface area contributed by atoms with Gasteiger partial charge in [-0.05, 0) is 56.6 Å². The van der Waals surface area contributed by atoms with Gasteiger partial charge in [0.05, 0.1) is 5.56 Å². The predicted molar refractivity (Wildman–Crippen MR) is 78.3 cm³/mol. The highest BCUT2D eigenvalue weighted by Gasteiger charge is 2.40. The van der Waals surface area contributed by atoms with Gasteiger partial charge in [-0.3, -0.25) is 0 Å². The average molecular weight is 265 g/mol. The first kappa shape index (κ1) is 12.0. The van der Waals surface area contributed by atoms with Crippen molar-refractivity contribution in [3.8, 4) is 6.07 Å². The van der Waals surface area contributed by atoms with Gasteiger partial charge in [0.2, 0.25) is 0 Å². The monoisotopic (exact) mass is 265 g/mol. The standard InChI is InChI=1S/C17H19N3/c18-11-14-2-1-7-19-17(14)20-15-5-6-16(20)10-13(9-15)8-12-3-4-12/h1-2,7-8,12,15-16H,3-6,9-10H2. The average Bonchev–Trinajstić information content (AvgIpc) is 3.24. The number of aromatic nitrogens is 1. The fraction of sp³-hybridized carbons (Fsp3) is 0.529. The largest absolute Gasteiger partial charge is 0.349 e. The summed E-state index contributed by atoms with van der Waals surface area (Å²) in [6.45, 7) is 0. The van der Waals surface area contributed by atoms with Crippen LogP contribution in [0.1, 0.15) is 44.1 Å². The van der Waals surface area contributed by atoms with E-state index in [-0.39, 0.29) is 0 Å². The molecular formula is C17H19N3. The number of pyridine rings is 1. The molecule has 3 fully saturated rings.